The molecule has 0 saturated heterocycles. The molecule has 0 aliphatic rings. The van der Waals surface area contributed by atoms with Crippen molar-refractivity contribution in [1.29, 1.82) is 0 Å². The molecule has 1 aromatic carbocycles. The molecule has 100 valence electrons. The van der Waals surface area contributed by atoms with E-state index in [1.807, 2.05) is 13.0 Å². The molecule has 1 heterocycles. The summed E-state index contributed by atoms with van der Waals surface area (Å²) in [5.41, 5.74) is 4.27. The fourth-order valence-corrected chi connectivity index (χ4v) is 2.57. The maximum absolute atomic E-state index is 4.63. The summed E-state index contributed by atoms with van der Waals surface area (Å²) in [6, 6.07) is 8.25. The fraction of sp³-hybridized carbons (Fsp3) is 0.333. The number of hydrogen-bond acceptors (Lipinski definition) is 3. The van der Waals surface area contributed by atoms with Crippen LogP contribution in [0.4, 0.5) is 0 Å². The van der Waals surface area contributed by atoms with Gasteiger partial charge in [-0.25, -0.2) is 9.97 Å². The standard InChI is InChI=1S/C15H18BrN3/c1-4-17-9-12-8-11(3)18-15(19-12)13-6-5-10(2)7-14(13)16/h5-8,17H,4,9H2,1-3H3. The Balaban J connectivity index is 2.41. The first kappa shape index (κ1) is 14.2. The van der Waals surface area contributed by atoms with Crippen LogP contribution in [-0.2, 0) is 6.54 Å². The predicted octanol–water partition coefficient (Wildman–Crippen LogP) is 3.63. The summed E-state index contributed by atoms with van der Waals surface area (Å²) in [6.45, 7) is 7.87. The third kappa shape index (κ3) is 3.61. The molecule has 4 heteroatoms. The zero-order valence-corrected chi connectivity index (χ0v) is 13.1. The van der Waals surface area contributed by atoms with Crippen LogP contribution in [0.15, 0.2) is 28.7 Å². The van der Waals surface area contributed by atoms with E-state index in [9.17, 15) is 0 Å². The second-order valence-corrected chi connectivity index (χ2v) is 5.44. The van der Waals surface area contributed by atoms with Crippen LogP contribution in [0.3, 0.4) is 0 Å². The van der Waals surface area contributed by atoms with Crippen molar-refractivity contribution in [2.45, 2.75) is 27.3 Å². The van der Waals surface area contributed by atoms with Gasteiger partial charge in [-0.15, -0.1) is 0 Å². The van der Waals surface area contributed by atoms with Gasteiger partial charge in [0.1, 0.15) is 0 Å². The minimum absolute atomic E-state index is 0.774. The second-order valence-electron chi connectivity index (χ2n) is 4.59. The highest BCUT2D eigenvalue weighted by molar-refractivity contribution is 9.10. The van der Waals surface area contributed by atoms with E-state index in [2.05, 4.69) is 63.3 Å². The molecule has 0 aliphatic carbocycles. The average Bonchev–Trinajstić information content (AvgIpc) is 2.35. The largest absolute Gasteiger partial charge is 0.311 e. The van der Waals surface area contributed by atoms with Crippen LogP contribution in [0.1, 0.15) is 23.9 Å². The Kier molecular flexibility index (Phi) is 4.66. The van der Waals surface area contributed by atoms with Crippen molar-refractivity contribution in [1.82, 2.24) is 15.3 Å². The molecule has 19 heavy (non-hydrogen) atoms. The second kappa shape index (κ2) is 6.26. The Labute approximate surface area is 122 Å². The Bertz CT molecular complexity index is 582. The van der Waals surface area contributed by atoms with Gasteiger partial charge in [0.25, 0.3) is 0 Å². The van der Waals surface area contributed by atoms with Crippen LogP contribution in [0.2, 0.25) is 0 Å². The van der Waals surface area contributed by atoms with Crippen LogP contribution in [-0.4, -0.2) is 16.5 Å². The molecule has 0 fully saturated rings. The van der Waals surface area contributed by atoms with E-state index in [0.717, 1.165) is 40.3 Å². The van der Waals surface area contributed by atoms with Gasteiger partial charge in [0.2, 0.25) is 0 Å². The van der Waals surface area contributed by atoms with Crippen LogP contribution in [0.25, 0.3) is 11.4 Å². The third-order valence-corrected chi connectivity index (χ3v) is 3.48. The van der Waals surface area contributed by atoms with Gasteiger partial charge in [-0.2, -0.15) is 0 Å². The Morgan fingerprint density at radius 3 is 2.63 bits per heavy atom. The fourth-order valence-electron chi connectivity index (χ4n) is 1.90. The van der Waals surface area contributed by atoms with Crippen molar-refractivity contribution in [3.05, 3.63) is 45.7 Å². The molecule has 3 nitrogen and oxygen atoms in total. The first-order valence-electron chi connectivity index (χ1n) is 6.42. The van der Waals surface area contributed by atoms with Gasteiger partial charge in [0, 0.05) is 22.3 Å². The highest BCUT2D eigenvalue weighted by atomic mass is 79.9. The van der Waals surface area contributed by atoms with Gasteiger partial charge in [-0.05, 0) is 44.2 Å². The molecule has 0 spiro atoms. The van der Waals surface area contributed by atoms with Gasteiger partial charge in [-0.3, -0.25) is 0 Å². The van der Waals surface area contributed by atoms with Crippen LogP contribution < -0.4 is 5.32 Å². The molecule has 1 N–H and O–H groups in total. The quantitative estimate of drug-likeness (QED) is 0.935. The third-order valence-electron chi connectivity index (χ3n) is 2.83. The highest BCUT2D eigenvalue weighted by Gasteiger charge is 2.08. The molecule has 0 unspecified atom stereocenters. The summed E-state index contributed by atoms with van der Waals surface area (Å²) in [5.74, 6) is 0.778. The summed E-state index contributed by atoms with van der Waals surface area (Å²) in [4.78, 5) is 9.16. The summed E-state index contributed by atoms with van der Waals surface area (Å²) in [5, 5.41) is 3.29. The van der Waals surface area contributed by atoms with E-state index in [-0.39, 0.29) is 0 Å². The minimum atomic E-state index is 0.774. The molecule has 0 radical (unpaired) electrons. The summed E-state index contributed by atoms with van der Waals surface area (Å²) >= 11 is 3.59. The molecular formula is C15H18BrN3. The lowest BCUT2D eigenvalue weighted by Crippen LogP contribution is -2.13. The van der Waals surface area contributed by atoms with Gasteiger partial charge in [-0.1, -0.05) is 28.9 Å². The van der Waals surface area contributed by atoms with Crippen LogP contribution in [0, 0.1) is 13.8 Å². The Morgan fingerprint density at radius 1 is 1.16 bits per heavy atom. The molecule has 1 aromatic heterocycles. The number of halogens is 1. The van der Waals surface area contributed by atoms with Crippen molar-refractivity contribution < 1.29 is 0 Å². The van der Waals surface area contributed by atoms with Gasteiger partial charge >= 0.3 is 0 Å². The van der Waals surface area contributed by atoms with E-state index < -0.39 is 0 Å². The summed E-state index contributed by atoms with van der Waals surface area (Å²) in [7, 11) is 0. The zero-order valence-electron chi connectivity index (χ0n) is 11.5. The first-order chi connectivity index (χ1) is 9.10. The lowest BCUT2D eigenvalue weighted by Gasteiger charge is -2.08. The van der Waals surface area contributed by atoms with Crippen molar-refractivity contribution in [3.63, 3.8) is 0 Å². The molecule has 0 bridgehead atoms. The average molecular weight is 320 g/mol. The van der Waals surface area contributed by atoms with Gasteiger partial charge in [0.15, 0.2) is 5.82 Å². The monoisotopic (exact) mass is 319 g/mol. The predicted molar refractivity (Wildman–Crippen MR) is 82.0 cm³/mol. The molecular weight excluding hydrogens is 302 g/mol. The molecule has 2 aromatic rings. The van der Waals surface area contributed by atoms with E-state index in [1.54, 1.807) is 0 Å². The molecule has 0 amide bonds. The maximum atomic E-state index is 4.63. The summed E-state index contributed by atoms with van der Waals surface area (Å²) in [6.07, 6.45) is 0. The Morgan fingerprint density at radius 2 is 1.95 bits per heavy atom. The molecule has 0 saturated carbocycles. The number of rotatable bonds is 4. The lowest BCUT2D eigenvalue weighted by atomic mass is 10.1. The van der Waals surface area contributed by atoms with Crippen LogP contribution >= 0.6 is 15.9 Å². The number of nitrogens with one attached hydrogen (secondary N) is 1. The number of benzene rings is 1. The molecule has 0 aliphatic heterocycles. The number of hydrogen-bond donors (Lipinski definition) is 1. The molecule has 0 atom stereocenters. The number of nitrogens with zero attached hydrogens (tertiary/aromatic N) is 2. The van der Waals surface area contributed by atoms with Gasteiger partial charge < -0.3 is 5.32 Å². The van der Waals surface area contributed by atoms with E-state index in [4.69, 9.17) is 0 Å². The maximum Gasteiger partial charge on any atom is 0.160 e. The minimum Gasteiger partial charge on any atom is -0.311 e. The Hall–Kier alpha value is -1.26. The zero-order chi connectivity index (χ0) is 13.8. The molecule has 2 rings (SSSR count). The summed E-state index contributed by atoms with van der Waals surface area (Å²) < 4.78 is 1.03. The number of aromatic nitrogens is 2. The highest BCUT2D eigenvalue weighted by Crippen LogP contribution is 2.26. The van der Waals surface area contributed by atoms with Crippen molar-refractivity contribution >= 4 is 15.9 Å². The normalized spacial score (nSPS) is 10.7. The van der Waals surface area contributed by atoms with E-state index >= 15 is 0 Å². The smallest absolute Gasteiger partial charge is 0.160 e. The van der Waals surface area contributed by atoms with Crippen molar-refractivity contribution in [2.24, 2.45) is 0 Å². The first-order valence-corrected chi connectivity index (χ1v) is 7.21. The van der Waals surface area contributed by atoms with Gasteiger partial charge in [0.05, 0.1) is 5.69 Å². The van der Waals surface area contributed by atoms with E-state index in [0.29, 0.717) is 0 Å². The van der Waals surface area contributed by atoms with Crippen LogP contribution in [0.5, 0.6) is 0 Å². The SMILES string of the molecule is CCNCc1cc(C)nc(-c2ccc(C)cc2Br)n1. The lowest BCUT2D eigenvalue weighted by molar-refractivity contribution is 0.708. The van der Waals surface area contributed by atoms with Crippen molar-refractivity contribution in [3.8, 4) is 11.4 Å². The van der Waals surface area contributed by atoms with Crippen molar-refractivity contribution in [2.75, 3.05) is 6.54 Å². The number of aryl methyl sites for hydroxylation is 2. The van der Waals surface area contributed by atoms with E-state index in [1.165, 1.54) is 5.56 Å². The topological polar surface area (TPSA) is 37.8 Å².